The van der Waals surface area contributed by atoms with E-state index < -0.39 is 10.8 Å². The number of ether oxygens (including phenoxy) is 2. The minimum absolute atomic E-state index is 0.0524. The van der Waals surface area contributed by atoms with E-state index in [0.29, 0.717) is 22.6 Å². The van der Waals surface area contributed by atoms with E-state index in [-0.39, 0.29) is 23.8 Å². The van der Waals surface area contributed by atoms with Crippen LogP contribution in [-0.2, 0) is 4.79 Å². The number of carbonyl (C=O) groups excluding carboxylic acids is 2. The van der Waals surface area contributed by atoms with Crippen molar-refractivity contribution >= 4 is 23.1 Å². The molecule has 0 unspecified atom stereocenters. The number of amides is 1. The van der Waals surface area contributed by atoms with Gasteiger partial charge in [0.2, 0.25) is 0 Å². The summed E-state index contributed by atoms with van der Waals surface area (Å²) >= 11 is 0. The first kappa shape index (κ1) is 18.9. The van der Waals surface area contributed by atoms with E-state index in [9.17, 15) is 19.7 Å². The van der Waals surface area contributed by atoms with Crippen molar-refractivity contribution < 1.29 is 24.0 Å². The number of nitro groups is 1. The van der Waals surface area contributed by atoms with Crippen molar-refractivity contribution in [1.82, 2.24) is 0 Å². The van der Waals surface area contributed by atoms with Gasteiger partial charge in [-0.25, -0.2) is 0 Å². The molecule has 0 aliphatic heterocycles. The largest absolute Gasteiger partial charge is 0.490 e. The summed E-state index contributed by atoms with van der Waals surface area (Å²) in [5, 5.41) is 13.6. The third-order valence-electron chi connectivity index (χ3n) is 3.63. The highest BCUT2D eigenvalue weighted by molar-refractivity contribution is 5.94. The van der Waals surface area contributed by atoms with Gasteiger partial charge in [-0.05, 0) is 43.7 Å². The van der Waals surface area contributed by atoms with Crippen LogP contribution < -0.4 is 14.8 Å². The van der Waals surface area contributed by atoms with Crippen LogP contribution in [0, 0.1) is 17.0 Å². The van der Waals surface area contributed by atoms with Gasteiger partial charge < -0.3 is 14.8 Å². The van der Waals surface area contributed by atoms with Crippen LogP contribution in [0.4, 0.5) is 11.4 Å². The van der Waals surface area contributed by atoms with Crippen LogP contribution in [-0.4, -0.2) is 30.3 Å². The lowest BCUT2D eigenvalue weighted by Crippen LogP contribution is -2.20. The Labute approximate surface area is 149 Å². The molecule has 0 aliphatic carbocycles. The molecule has 136 valence electrons. The summed E-state index contributed by atoms with van der Waals surface area (Å²) in [7, 11) is 1.32. The first-order valence-electron chi connectivity index (χ1n) is 7.68. The predicted octanol–water partition coefficient (Wildman–Crippen LogP) is 3.13. The Bertz CT molecular complexity index is 846. The van der Waals surface area contributed by atoms with Gasteiger partial charge >= 0.3 is 5.69 Å². The van der Waals surface area contributed by atoms with Gasteiger partial charge in [0.15, 0.2) is 18.1 Å². The van der Waals surface area contributed by atoms with E-state index in [4.69, 9.17) is 9.47 Å². The second kappa shape index (κ2) is 8.11. The standard InChI is InChI=1S/C18H18N2O6/c1-11-8-16(20(23)24)17(25-3)9-15(11)19-18(22)10-26-14-6-4-13(5-7-14)12(2)21/h4-9H,10H2,1-3H3,(H,19,22). The van der Waals surface area contributed by atoms with E-state index >= 15 is 0 Å². The van der Waals surface area contributed by atoms with Crippen molar-refractivity contribution in [3.8, 4) is 11.5 Å². The number of rotatable bonds is 7. The molecule has 0 aliphatic rings. The van der Waals surface area contributed by atoms with Crippen LogP contribution in [0.15, 0.2) is 36.4 Å². The fraction of sp³-hybridized carbons (Fsp3) is 0.222. The first-order chi connectivity index (χ1) is 12.3. The number of nitrogens with zero attached hydrogens (tertiary/aromatic N) is 1. The van der Waals surface area contributed by atoms with Crippen molar-refractivity contribution in [2.45, 2.75) is 13.8 Å². The fourth-order valence-electron chi connectivity index (χ4n) is 2.23. The maximum absolute atomic E-state index is 12.1. The normalized spacial score (nSPS) is 10.1. The van der Waals surface area contributed by atoms with Crippen LogP contribution >= 0.6 is 0 Å². The van der Waals surface area contributed by atoms with Crippen LogP contribution in [0.5, 0.6) is 11.5 Å². The predicted molar refractivity (Wildman–Crippen MR) is 95.0 cm³/mol. The number of ketones is 1. The molecule has 2 aromatic carbocycles. The minimum atomic E-state index is -0.550. The second-order valence-electron chi connectivity index (χ2n) is 5.51. The molecule has 1 N–H and O–H groups in total. The molecule has 0 atom stereocenters. The fourth-order valence-corrected chi connectivity index (χ4v) is 2.23. The SMILES string of the molecule is COc1cc(NC(=O)COc2ccc(C(C)=O)cc2)c(C)cc1[N+](=O)[O-]. The van der Waals surface area contributed by atoms with Crippen LogP contribution in [0.3, 0.4) is 0 Å². The second-order valence-corrected chi connectivity index (χ2v) is 5.51. The molecule has 0 saturated heterocycles. The van der Waals surface area contributed by atoms with Crippen LogP contribution in [0.25, 0.3) is 0 Å². The molecule has 0 saturated carbocycles. The molecule has 0 aromatic heterocycles. The Morgan fingerprint density at radius 3 is 2.38 bits per heavy atom. The average molecular weight is 358 g/mol. The molecular formula is C18H18N2O6. The van der Waals surface area contributed by atoms with E-state index in [1.54, 1.807) is 31.2 Å². The molecule has 1 amide bonds. The highest BCUT2D eigenvalue weighted by Gasteiger charge is 2.18. The maximum Gasteiger partial charge on any atom is 0.311 e. The zero-order chi connectivity index (χ0) is 19.3. The van der Waals surface area contributed by atoms with Crippen molar-refractivity contribution in [3.63, 3.8) is 0 Å². The zero-order valence-corrected chi connectivity index (χ0v) is 14.6. The molecule has 0 radical (unpaired) electrons. The lowest BCUT2D eigenvalue weighted by atomic mass is 10.1. The van der Waals surface area contributed by atoms with Gasteiger partial charge in [-0.3, -0.25) is 19.7 Å². The minimum Gasteiger partial charge on any atom is -0.490 e. The summed E-state index contributed by atoms with van der Waals surface area (Å²) in [5.41, 5.74) is 1.30. The highest BCUT2D eigenvalue weighted by Crippen LogP contribution is 2.32. The van der Waals surface area contributed by atoms with Crippen molar-refractivity contribution in [1.29, 1.82) is 0 Å². The number of benzene rings is 2. The molecule has 2 rings (SSSR count). The van der Waals surface area contributed by atoms with Crippen LogP contribution in [0.1, 0.15) is 22.8 Å². The Kier molecular flexibility index (Phi) is 5.90. The van der Waals surface area contributed by atoms with Gasteiger partial charge in [0.1, 0.15) is 5.75 Å². The molecule has 8 nitrogen and oxygen atoms in total. The Morgan fingerprint density at radius 1 is 1.19 bits per heavy atom. The number of aryl methyl sites for hydroxylation is 1. The topological polar surface area (TPSA) is 108 Å². The van der Waals surface area contributed by atoms with Crippen LogP contribution in [0.2, 0.25) is 0 Å². The van der Waals surface area contributed by atoms with Gasteiger partial charge in [-0.15, -0.1) is 0 Å². The van der Waals surface area contributed by atoms with E-state index in [1.165, 1.54) is 26.2 Å². The van der Waals surface area contributed by atoms with E-state index in [2.05, 4.69) is 5.32 Å². The number of hydrogen-bond donors (Lipinski definition) is 1. The Balaban J connectivity index is 2.03. The molecule has 0 fully saturated rings. The quantitative estimate of drug-likeness (QED) is 0.463. The van der Waals surface area contributed by atoms with E-state index in [0.717, 1.165) is 0 Å². The van der Waals surface area contributed by atoms with Gasteiger partial charge in [0.25, 0.3) is 5.91 Å². The summed E-state index contributed by atoms with van der Waals surface area (Å²) in [5.74, 6) is 0.0105. The summed E-state index contributed by atoms with van der Waals surface area (Å²) in [6.07, 6.45) is 0. The summed E-state index contributed by atoms with van der Waals surface area (Å²) in [4.78, 5) is 33.7. The molecule has 0 bridgehead atoms. The van der Waals surface area contributed by atoms with Gasteiger partial charge in [0, 0.05) is 23.4 Å². The average Bonchev–Trinajstić information content (AvgIpc) is 2.61. The zero-order valence-electron chi connectivity index (χ0n) is 14.6. The van der Waals surface area contributed by atoms with Crippen molar-refractivity contribution in [2.24, 2.45) is 0 Å². The van der Waals surface area contributed by atoms with Gasteiger partial charge in [-0.2, -0.15) is 0 Å². The summed E-state index contributed by atoms with van der Waals surface area (Å²) in [6.45, 7) is 2.85. The van der Waals surface area contributed by atoms with Crippen molar-refractivity contribution in [2.75, 3.05) is 19.0 Å². The molecule has 0 heterocycles. The van der Waals surface area contributed by atoms with E-state index in [1.807, 2.05) is 0 Å². The third-order valence-corrected chi connectivity index (χ3v) is 3.63. The summed E-state index contributed by atoms with van der Waals surface area (Å²) < 4.78 is 10.4. The molecule has 2 aromatic rings. The smallest absolute Gasteiger partial charge is 0.311 e. The lowest BCUT2D eigenvalue weighted by molar-refractivity contribution is -0.385. The number of anilines is 1. The monoisotopic (exact) mass is 358 g/mol. The molecule has 26 heavy (non-hydrogen) atoms. The Morgan fingerprint density at radius 2 is 1.85 bits per heavy atom. The Hall–Kier alpha value is -3.42. The number of methoxy groups -OCH3 is 1. The molecule has 0 spiro atoms. The number of nitrogens with one attached hydrogen (secondary N) is 1. The lowest BCUT2D eigenvalue weighted by Gasteiger charge is -2.11. The maximum atomic E-state index is 12.1. The molecular weight excluding hydrogens is 340 g/mol. The number of nitro benzene ring substituents is 1. The number of hydrogen-bond acceptors (Lipinski definition) is 6. The van der Waals surface area contributed by atoms with Gasteiger partial charge in [-0.1, -0.05) is 0 Å². The van der Waals surface area contributed by atoms with Gasteiger partial charge in [0.05, 0.1) is 12.0 Å². The number of Topliss-reactive ketones (excluding diaryl/α,β-unsaturated/α-hetero) is 1. The number of carbonyl (C=O) groups is 2. The first-order valence-corrected chi connectivity index (χ1v) is 7.68. The highest BCUT2D eigenvalue weighted by atomic mass is 16.6. The third kappa shape index (κ3) is 4.56. The molecule has 8 heteroatoms. The van der Waals surface area contributed by atoms with Crippen molar-refractivity contribution in [3.05, 3.63) is 57.6 Å². The summed E-state index contributed by atoms with van der Waals surface area (Å²) in [6, 6.07) is 9.15.